The molecule has 5 rings (SSSR count). The minimum atomic E-state index is 0.163. The molecule has 3 aromatic heterocycles. The molecule has 0 atom stereocenters. The van der Waals surface area contributed by atoms with E-state index in [4.69, 9.17) is 4.74 Å². The van der Waals surface area contributed by atoms with E-state index in [1.165, 1.54) is 0 Å². The fourth-order valence-electron chi connectivity index (χ4n) is 3.20. The smallest absolute Gasteiger partial charge is 0.212 e. The molecule has 0 amide bonds. The third-order valence-corrected chi connectivity index (χ3v) is 4.55. The van der Waals surface area contributed by atoms with Crippen LogP contribution >= 0.6 is 0 Å². The lowest BCUT2D eigenvalue weighted by Crippen LogP contribution is -2.02. The van der Waals surface area contributed by atoms with Crippen LogP contribution in [0.15, 0.2) is 49.1 Å². The zero-order valence-corrected chi connectivity index (χ0v) is 14.9. The molecule has 28 heavy (non-hydrogen) atoms. The number of nitrogens with zero attached hydrogens (tertiary/aromatic N) is 6. The summed E-state index contributed by atoms with van der Waals surface area (Å²) in [5.74, 6) is 6.94. The summed E-state index contributed by atoms with van der Waals surface area (Å²) in [6.45, 7) is 0. The van der Waals surface area contributed by atoms with E-state index >= 15 is 0 Å². The Morgan fingerprint density at radius 1 is 1.07 bits per heavy atom. The molecule has 8 nitrogen and oxygen atoms in total. The van der Waals surface area contributed by atoms with E-state index in [9.17, 15) is 5.11 Å². The van der Waals surface area contributed by atoms with Crippen LogP contribution in [0.4, 0.5) is 0 Å². The summed E-state index contributed by atoms with van der Waals surface area (Å²) >= 11 is 0. The summed E-state index contributed by atoms with van der Waals surface area (Å²) in [5.41, 5.74) is 4.85. The number of aromatic hydroxyl groups is 1. The number of pyridine rings is 1. The number of fused-ring (bicyclic) bond motifs is 5. The third kappa shape index (κ3) is 2.57. The Morgan fingerprint density at radius 3 is 2.82 bits per heavy atom. The van der Waals surface area contributed by atoms with Crippen molar-refractivity contribution in [2.45, 2.75) is 6.42 Å². The molecule has 4 aromatic rings. The van der Waals surface area contributed by atoms with Crippen molar-refractivity contribution in [3.63, 3.8) is 0 Å². The maximum Gasteiger partial charge on any atom is 0.212 e. The average Bonchev–Trinajstić information content (AvgIpc) is 3.32. The predicted molar refractivity (Wildman–Crippen MR) is 99.7 cm³/mol. The van der Waals surface area contributed by atoms with E-state index in [0.717, 1.165) is 28.3 Å². The zero-order valence-electron chi connectivity index (χ0n) is 14.9. The molecule has 136 valence electrons. The van der Waals surface area contributed by atoms with Crippen LogP contribution in [0.25, 0.3) is 11.4 Å². The SMILES string of the molecule is COc1ccc(C#Cc2ncn3c2Cc2cnnn2-c2cc(O)ccc2-3)cn1. The van der Waals surface area contributed by atoms with Gasteiger partial charge in [0.05, 0.1) is 36.1 Å². The standard InChI is InChI=1S/C20H14N6O2/c1-28-20-7-3-13(10-21-20)2-5-16-18-8-14-11-23-24-26(14)19-9-15(27)4-6-17(19)25(18)12-22-16/h3-4,6-7,9-12,27H,8H2,1H3. The van der Waals surface area contributed by atoms with Gasteiger partial charge in [-0.15, -0.1) is 5.10 Å². The summed E-state index contributed by atoms with van der Waals surface area (Å²) in [5, 5.41) is 18.1. The Balaban J connectivity index is 1.62. The van der Waals surface area contributed by atoms with E-state index < -0.39 is 0 Å². The highest BCUT2D eigenvalue weighted by atomic mass is 16.5. The van der Waals surface area contributed by atoms with Crippen molar-refractivity contribution in [2.75, 3.05) is 7.11 Å². The molecule has 0 saturated heterocycles. The Bertz CT molecular complexity index is 1240. The highest BCUT2D eigenvalue weighted by molar-refractivity contribution is 5.59. The van der Waals surface area contributed by atoms with Gasteiger partial charge in [-0.1, -0.05) is 11.1 Å². The first-order valence-electron chi connectivity index (χ1n) is 8.54. The van der Waals surface area contributed by atoms with E-state index in [1.54, 1.807) is 48.7 Å². The van der Waals surface area contributed by atoms with Crippen molar-refractivity contribution in [2.24, 2.45) is 0 Å². The van der Waals surface area contributed by atoms with E-state index in [2.05, 4.69) is 32.1 Å². The number of hydrogen-bond acceptors (Lipinski definition) is 6. The molecule has 0 radical (unpaired) electrons. The summed E-state index contributed by atoms with van der Waals surface area (Å²) < 4.78 is 8.77. The molecule has 4 heterocycles. The number of benzene rings is 1. The first kappa shape index (κ1) is 16.1. The van der Waals surface area contributed by atoms with Gasteiger partial charge in [0.25, 0.3) is 0 Å². The van der Waals surface area contributed by atoms with Crippen LogP contribution in [0.3, 0.4) is 0 Å². The van der Waals surface area contributed by atoms with Crippen molar-refractivity contribution in [3.05, 3.63) is 71.7 Å². The minimum absolute atomic E-state index is 0.163. The first-order chi connectivity index (χ1) is 13.7. The largest absolute Gasteiger partial charge is 0.508 e. The number of methoxy groups -OCH3 is 1. The van der Waals surface area contributed by atoms with Gasteiger partial charge in [0.2, 0.25) is 5.88 Å². The molecule has 1 aromatic carbocycles. The van der Waals surface area contributed by atoms with Gasteiger partial charge in [-0.2, -0.15) is 0 Å². The Morgan fingerprint density at radius 2 is 2.00 bits per heavy atom. The van der Waals surface area contributed by atoms with Gasteiger partial charge in [0.15, 0.2) is 0 Å². The van der Waals surface area contributed by atoms with E-state index in [1.807, 2.05) is 16.7 Å². The minimum Gasteiger partial charge on any atom is -0.508 e. The fraction of sp³-hybridized carbons (Fsp3) is 0.100. The van der Waals surface area contributed by atoms with Gasteiger partial charge < -0.3 is 9.84 Å². The van der Waals surface area contributed by atoms with Gasteiger partial charge in [0.1, 0.15) is 17.8 Å². The Kier molecular flexibility index (Phi) is 3.59. The number of aromatic nitrogens is 6. The number of phenolic OH excluding ortho intramolecular Hbond substituents is 1. The Hall–Kier alpha value is -4.12. The zero-order chi connectivity index (χ0) is 19.1. The van der Waals surface area contributed by atoms with Gasteiger partial charge >= 0.3 is 0 Å². The van der Waals surface area contributed by atoms with Gasteiger partial charge in [-0.25, -0.2) is 14.6 Å². The molecular weight excluding hydrogens is 356 g/mol. The van der Waals surface area contributed by atoms with Crippen LogP contribution in [0, 0.1) is 11.8 Å². The van der Waals surface area contributed by atoms with Crippen molar-refractivity contribution >= 4 is 0 Å². The quantitative estimate of drug-likeness (QED) is 0.453. The van der Waals surface area contributed by atoms with Crippen molar-refractivity contribution in [1.29, 1.82) is 0 Å². The normalized spacial score (nSPS) is 11.5. The summed E-state index contributed by atoms with van der Waals surface area (Å²) in [7, 11) is 1.57. The second-order valence-electron chi connectivity index (χ2n) is 6.24. The number of phenols is 1. The summed E-state index contributed by atoms with van der Waals surface area (Å²) in [4.78, 5) is 8.67. The van der Waals surface area contributed by atoms with Crippen LogP contribution in [-0.4, -0.2) is 41.7 Å². The van der Waals surface area contributed by atoms with Gasteiger partial charge in [-0.05, 0) is 24.1 Å². The number of ether oxygens (including phenoxy) is 1. The predicted octanol–water partition coefficient (Wildman–Crippen LogP) is 1.87. The first-order valence-corrected chi connectivity index (χ1v) is 8.54. The topological polar surface area (TPSA) is 90.9 Å². The molecule has 8 heteroatoms. The number of rotatable bonds is 1. The van der Waals surface area contributed by atoms with Crippen molar-refractivity contribution < 1.29 is 9.84 Å². The molecule has 0 aliphatic carbocycles. The molecule has 0 bridgehead atoms. The number of imidazole rings is 1. The molecule has 1 aliphatic rings. The van der Waals surface area contributed by atoms with Crippen LogP contribution in [-0.2, 0) is 6.42 Å². The third-order valence-electron chi connectivity index (χ3n) is 4.55. The van der Waals surface area contributed by atoms with Crippen LogP contribution in [0.2, 0.25) is 0 Å². The van der Waals surface area contributed by atoms with E-state index in [0.29, 0.717) is 18.0 Å². The fourth-order valence-corrected chi connectivity index (χ4v) is 3.20. The molecule has 0 saturated carbocycles. The van der Waals surface area contributed by atoms with Crippen LogP contribution in [0.1, 0.15) is 22.6 Å². The van der Waals surface area contributed by atoms with Crippen molar-refractivity contribution in [3.8, 4) is 34.8 Å². The average molecular weight is 370 g/mol. The second-order valence-corrected chi connectivity index (χ2v) is 6.24. The maximum atomic E-state index is 9.92. The lowest BCUT2D eigenvalue weighted by molar-refractivity contribution is 0.398. The van der Waals surface area contributed by atoms with Gasteiger partial charge in [-0.3, -0.25) is 4.57 Å². The van der Waals surface area contributed by atoms with Crippen molar-refractivity contribution in [1.82, 2.24) is 29.5 Å². The Labute approximate surface area is 160 Å². The van der Waals surface area contributed by atoms with E-state index in [-0.39, 0.29) is 5.75 Å². The maximum absolute atomic E-state index is 9.92. The highest BCUT2D eigenvalue weighted by Gasteiger charge is 2.23. The highest BCUT2D eigenvalue weighted by Crippen LogP contribution is 2.30. The molecule has 1 aliphatic heterocycles. The summed E-state index contributed by atoms with van der Waals surface area (Å²) in [6.07, 6.45) is 5.67. The van der Waals surface area contributed by atoms with Gasteiger partial charge in [0, 0.05) is 30.3 Å². The molecule has 1 N–H and O–H groups in total. The molecule has 0 unspecified atom stereocenters. The summed E-state index contributed by atoms with van der Waals surface area (Å²) in [6, 6.07) is 8.75. The molecule has 0 spiro atoms. The number of hydrogen-bond donors (Lipinski definition) is 1. The second kappa shape index (κ2) is 6.25. The van der Waals surface area contributed by atoms with Crippen LogP contribution in [0.5, 0.6) is 11.6 Å². The van der Waals surface area contributed by atoms with Crippen LogP contribution < -0.4 is 4.74 Å². The lowest BCUT2D eigenvalue weighted by atomic mass is 10.2. The monoisotopic (exact) mass is 370 g/mol. The lowest BCUT2D eigenvalue weighted by Gasteiger charge is -2.09. The molecule has 0 fully saturated rings. The molecular formula is C20H14N6O2.